The molecule has 7 nitrogen and oxygen atoms in total. The molecular formula is C21H20FN3O4. The van der Waals surface area contributed by atoms with Gasteiger partial charge in [0, 0.05) is 0 Å². The van der Waals surface area contributed by atoms with E-state index in [9.17, 15) is 18.8 Å². The Labute approximate surface area is 167 Å². The molecule has 2 aromatic rings. The summed E-state index contributed by atoms with van der Waals surface area (Å²) in [5, 5.41) is 4.79. The number of carbonyl (C=O) groups excluding carboxylic acids is 3. The Balaban J connectivity index is 1.66. The highest BCUT2D eigenvalue weighted by molar-refractivity contribution is 6.15. The van der Waals surface area contributed by atoms with E-state index in [1.165, 1.54) is 24.3 Å². The molecular weight excluding hydrogens is 377 g/mol. The van der Waals surface area contributed by atoms with Gasteiger partial charge in [-0.25, -0.2) is 14.1 Å². The highest BCUT2D eigenvalue weighted by Crippen LogP contribution is 2.18. The van der Waals surface area contributed by atoms with E-state index in [-0.39, 0.29) is 17.5 Å². The lowest BCUT2D eigenvalue weighted by Gasteiger charge is -2.12. The number of urea groups is 1. The predicted molar refractivity (Wildman–Crippen MR) is 105 cm³/mol. The number of halogens is 1. The molecule has 0 radical (unpaired) electrons. The van der Waals surface area contributed by atoms with Crippen LogP contribution in [-0.2, 0) is 9.59 Å². The number of carbonyl (C=O) groups is 3. The van der Waals surface area contributed by atoms with Crippen molar-refractivity contribution in [3.63, 3.8) is 0 Å². The van der Waals surface area contributed by atoms with E-state index in [0.29, 0.717) is 11.3 Å². The first-order valence-electron chi connectivity index (χ1n) is 8.99. The van der Waals surface area contributed by atoms with Crippen LogP contribution < -0.4 is 15.4 Å². The lowest BCUT2D eigenvalue weighted by atomic mass is 10.2. The molecule has 0 bridgehead atoms. The van der Waals surface area contributed by atoms with Crippen LogP contribution in [0.5, 0.6) is 5.75 Å². The van der Waals surface area contributed by atoms with Gasteiger partial charge in [-0.05, 0) is 49.8 Å². The molecule has 0 saturated carbocycles. The van der Waals surface area contributed by atoms with Crippen LogP contribution in [0.4, 0.5) is 14.9 Å². The normalized spacial score (nSPS) is 15.0. The lowest BCUT2D eigenvalue weighted by Crippen LogP contribution is -2.38. The van der Waals surface area contributed by atoms with Gasteiger partial charge in [0.2, 0.25) is 5.91 Å². The quantitative estimate of drug-likeness (QED) is 0.579. The van der Waals surface area contributed by atoms with Crippen LogP contribution in [0.3, 0.4) is 0 Å². The number of rotatable bonds is 6. The number of amides is 4. The highest BCUT2D eigenvalue weighted by atomic mass is 19.1. The second-order valence-electron chi connectivity index (χ2n) is 6.64. The van der Waals surface area contributed by atoms with Crippen LogP contribution in [0.25, 0.3) is 6.08 Å². The number of anilines is 1. The van der Waals surface area contributed by atoms with Gasteiger partial charge in [0.15, 0.2) is 0 Å². The minimum Gasteiger partial charge on any atom is -0.491 e. The number of para-hydroxylation sites is 1. The van der Waals surface area contributed by atoms with E-state index < -0.39 is 30.2 Å². The van der Waals surface area contributed by atoms with E-state index in [1.807, 2.05) is 13.8 Å². The number of nitrogens with zero attached hydrogens (tertiary/aromatic N) is 1. The second kappa shape index (κ2) is 8.55. The van der Waals surface area contributed by atoms with Gasteiger partial charge in [-0.2, -0.15) is 0 Å². The SMILES string of the molecule is CC(C)Oc1ccc(/C=C2/NC(=O)N(CC(=O)Nc3ccccc3F)C2=O)cc1. The maximum atomic E-state index is 13.6. The van der Waals surface area contributed by atoms with E-state index in [4.69, 9.17) is 4.74 Å². The molecule has 29 heavy (non-hydrogen) atoms. The fourth-order valence-corrected chi connectivity index (χ4v) is 2.69. The molecule has 0 aliphatic carbocycles. The Hall–Kier alpha value is -3.68. The van der Waals surface area contributed by atoms with Crippen LogP contribution in [0, 0.1) is 5.82 Å². The first-order chi connectivity index (χ1) is 13.8. The van der Waals surface area contributed by atoms with Crippen molar-refractivity contribution in [3.05, 3.63) is 65.6 Å². The third-order valence-corrected chi connectivity index (χ3v) is 3.97. The Morgan fingerprint density at radius 3 is 2.52 bits per heavy atom. The molecule has 1 heterocycles. The first kappa shape index (κ1) is 20.1. The van der Waals surface area contributed by atoms with Crippen molar-refractivity contribution in [1.29, 1.82) is 0 Å². The summed E-state index contributed by atoms with van der Waals surface area (Å²) >= 11 is 0. The van der Waals surface area contributed by atoms with Crippen molar-refractivity contribution in [1.82, 2.24) is 10.2 Å². The summed E-state index contributed by atoms with van der Waals surface area (Å²) in [5.41, 5.74) is 0.706. The molecule has 1 saturated heterocycles. The van der Waals surface area contributed by atoms with Gasteiger partial charge in [-0.1, -0.05) is 24.3 Å². The fourth-order valence-electron chi connectivity index (χ4n) is 2.69. The molecule has 2 N–H and O–H groups in total. The first-order valence-corrected chi connectivity index (χ1v) is 8.99. The molecule has 0 unspecified atom stereocenters. The van der Waals surface area contributed by atoms with Crippen molar-refractivity contribution in [2.45, 2.75) is 20.0 Å². The third kappa shape index (κ3) is 4.98. The Kier molecular flexibility index (Phi) is 5.92. The molecule has 0 spiro atoms. The summed E-state index contributed by atoms with van der Waals surface area (Å²) in [6.07, 6.45) is 1.55. The Morgan fingerprint density at radius 2 is 1.86 bits per heavy atom. The number of hydrogen-bond donors (Lipinski definition) is 2. The van der Waals surface area contributed by atoms with Crippen LogP contribution in [0.15, 0.2) is 54.2 Å². The maximum absolute atomic E-state index is 13.6. The van der Waals surface area contributed by atoms with E-state index in [0.717, 1.165) is 4.90 Å². The van der Waals surface area contributed by atoms with Crippen LogP contribution >= 0.6 is 0 Å². The summed E-state index contributed by atoms with van der Waals surface area (Å²) < 4.78 is 19.2. The Morgan fingerprint density at radius 1 is 1.17 bits per heavy atom. The topological polar surface area (TPSA) is 87.7 Å². The molecule has 8 heteroatoms. The zero-order valence-electron chi connectivity index (χ0n) is 15.9. The van der Waals surface area contributed by atoms with Crippen LogP contribution in [0.2, 0.25) is 0 Å². The van der Waals surface area contributed by atoms with E-state index in [1.54, 1.807) is 30.3 Å². The van der Waals surface area contributed by atoms with Crippen LogP contribution in [-0.4, -0.2) is 35.4 Å². The molecule has 1 aliphatic rings. The summed E-state index contributed by atoms with van der Waals surface area (Å²) in [7, 11) is 0. The van der Waals surface area contributed by atoms with Gasteiger partial charge >= 0.3 is 6.03 Å². The molecule has 1 aliphatic heterocycles. The van der Waals surface area contributed by atoms with Crippen molar-refractivity contribution < 1.29 is 23.5 Å². The zero-order valence-corrected chi connectivity index (χ0v) is 15.9. The van der Waals surface area contributed by atoms with Crippen molar-refractivity contribution in [2.24, 2.45) is 0 Å². The smallest absolute Gasteiger partial charge is 0.329 e. The van der Waals surface area contributed by atoms with Crippen LogP contribution in [0.1, 0.15) is 19.4 Å². The average molecular weight is 397 g/mol. The number of benzene rings is 2. The molecule has 0 atom stereocenters. The Bertz CT molecular complexity index is 970. The van der Waals surface area contributed by atoms with Gasteiger partial charge in [-0.3, -0.25) is 9.59 Å². The zero-order chi connectivity index (χ0) is 21.0. The number of nitrogens with one attached hydrogen (secondary N) is 2. The monoisotopic (exact) mass is 397 g/mol. The second-order valence-corrected chi connectivity index (χ2v) is 6.64. The van der Waals surface area contributed by atoms with Gasteiger partial charge in [-0.15, -0.1) is 0 Å². The largest absolute Gasteiger partial charge is 0.491 e. The van der Waals surface area contributed by atoms with Crippen molar-refractivity contribution in [2.75, 3.05) is 11.9 Å². The molecule has 1 fully saturated rings. The van der Waals surface area contributed by atoms with Gasteiger partial charge < -0.3 is 15.4 Å². The summed E-state index contributed by atoms with van der Waals surface area (Å²) in [4.78, 5) is 37.5. The molecule has 150 valence electrons. The molecule has 0 aromatic heterocycles. The fraction of sp³-hybridized carbons (Fsp3) is 0.190. The van der Waals surface area contributed by atoms with Gasteiger partial charge in [0.1, 0.15) is 23.8 Å². The van der Waals surface area contributed by atoms with E-state index >= 15 is 0 Å². The standard InChI is InChI=1S/C21H20FN3O4/c1-13(2)29-15-9-7-14(8-10-15)11-18-20(27)25(21(28)24-18)12-19(26)23-17-6-4-3-5-16(17)22/h3-11,13H,12H2,1-2H3,(H,23,26)(H,24,28)/b18-11+. The van der Waals surface area contributed by atoms with E-state index in [2.05, 4.69) is 10.6 Å². The number of ether oxygens (including phenoxy) is 1. The van der Waals surface area contributed by atoms with Crippen molar-refractivity contribution >= 4 is 29.6 Å². The van der Waals surface area contributed by atoms with Gasteiger partial charge in [0.05, 0.1) is 11.8 Å². The van der Waals surface area contributed by atoms with Gasteiger partial charge in [0.25, 0.3) is 5.91 Å². The molecule has 2 aromatic carbocycles. The minimum absolute atomic E-state index is 0.0241. The minimum atomic E-state index is -0.718. The third-order valence-electron chi connectivity index (χ3n) is 3.97. The summed E-state index contributed by atoms with van der Waals surface area (Å²) in [5.74, 6) is -1.24. The predicted octanol–water partition coefficient (Wildman–Crippen LogP) is 3.14. The maximum Gasteiger partial charge on any atom is 0.329 e. The molecule has 4 amide bonds. The average Bonchev–Trinajstić information content (AvgIpc) is 2.92. The number of imide groups is 1. The highest BCUT2D eigenvalue weighted by Gasteiger charge is 2.35. The lowest BCUT2D eigenvalue weighted by molar-refractivity contribution is -0.127. The molecule has 3 rings (SSSR count). The number of hydrogen-bond acceptors (Lipinski definition) is 4. The summed E-state index contributed by atoms with van der Waals surface area (Å²) in [6.45, 7) is 3.30. The van der Waals surface area contributed by atoms with Crippen molar-refractivity contribution in [3.8, 4) is 5.75 Å². The summed E-state index contributed by atoms with van der Waals surface area (Å²) in [6, 6.07) is 11.9.